The molecule has 0 aliphatic carbocycles. The Labute approximate surface area is 125 Å². The average molecular weight is 293 g/mol. The summed E-state index contributed by atoms with van der Waals surface area (Å²) < 4.78 is 11.1. The molecule has 0 spiro atoms. The van der Waals surface area contributed by atoms with E-state index in [0.717, 1.165) is 12.0 Å². The van der Waals surface area contributed by atoms with Gasteiger partial charge < -0.3 is 14.6 Å². The Morgan fingerprint density at radius 2 is 2.19 bits per heavy atom. The zero-order valence-corrected chi connectivity index (χ0v) is 12.8. The number of nitrogens with zero attached hydrogens (tertiary/aromatic N) is 1. The fraction of sp³-hybridized carbons (Fsp3) is 0.562. The first kappa shape index (κ1) is 15.8. The predicted octanol–water partition coefficient (Wildman–Crippen LogP) is 2.32. The van der Waals surface area contributed by atoms with Gasteiger partial charge in [0.15, 0.2) is 0 Å². The molecule has 1 heterocycles. The maximum atomic E-state index is 11.7. The molecule has 0 saturated carbocycles. The summed E-state index contributed by atoms with van der Waals surface area (Å²) in [4.78, 5) is 13.7. The summed E-state index contributed by atoms with van der Waals surface area (Å²) in [6.45, 7) is 5.74. The molecule has 1 aliphatic heterocycles. The molecule has 0 amide bonds. The SMILES string of the molecule is COC(C)(C)CCN1CCOc2ccccc2[C@@H]1C(=O)O. The number of para-hydroxylation sites is 1. The van der Waals surface area contributed by atoms with E-state index in [1.54, 1.807) is 7.11 Å². The van der Waals surface area contributed by atoms with Gasteiger partial charge in [-0.1, -0.05) is 18.2 Å². The molecule has 0 bridgehead atoms. The van der Waals surface area contributed by atoms with Crippen molar-refractivity contribution in [3.05, 3.63) is 29.8 Å². The van der Waals surface area contributed by atoms with E-state index in [1.165, 1.54) is 0 Å². The van der Waals surface area contributed by atoms with E-state index in [-0.39, 0.29) is 5.60 Å². The molecule has 21 heavy (non-hydrogen) atoms. The van der Waals surface area contributed by atoms with Gasteiger partial charge in [0.2, 0.25) is 0 Å². The third-order valence-corrected chi connectivity index (χ3v) is 4.00. The molecule has 1 aliphatic rings. The zero-order chi connectivity index (χ0) is 15.5. The number of carboxylic acids is 1. The molecular weight excluding hydrogens is 270 g/mol. The number of hydrogen-bond acceptors (Lipinski definition) is 4. The van der Waals surface area contributed by atoms with Crippen molar-refractivity contribution in [1.29, 1.82) is 0 Å². The summed E-state index contributed by atoms with van der Waals surface area (Å²) in [5, 5.41) is 9.64. The Bertz CT molecular complexity index is 501. The first-order chi connectivity index (χ1) is 9.94. The highest BCUT2D eigenvalue weighted by Crippen LogP contribution is 2.32. The van der Waals surface area contributed by atoms with Crippen LogP contribution in [0.5, 0.6) is 5.75 Å². The molecule has 0 radical (unpaired) electrons. The number of ether oxygens (including phenoxy) is 2. The van der Waals surface area contributed by atoms with Gasteiger partial charge in [-0.3, -0.25) is 9.69 Å². The fourth-order valence-electron chi connectivity index (χ4n) is 2.48. The molecule has 1 aromatic rings. The van der Waals surface area contributed by atoms with Crippen LogP contribution in [0.25, 0.3) is 0 Å². The van der Waals surface area contributed by atoms with E-state index < -0.39 is 12.0 Å². The average Bonchev–Trinajstić information content (AvgIpc) is 2.64. The maximum Gasteiger partial charge on any atom is 0.325 e. The zero-order valence-electron chi connectivity index (χ0n) is 12.8. The number of hydrogen-bond donors (Lipinski definition) is 1. The fourth-order valence-corrected chi connectivity index (χ4v) is 2.48. The number of rotatable bonds is 5. The van der Waals surface area contributed by atoms with E-state index in [9.17, 15) is 9.90 Å². The maximum absolute atomic E-state index is 11.7. The van der Waals surface area contributed by atoms with Crippen LogP contribution in [0.1, 0.15) is 31.9 Å². The van der Waals surface area contributed by atoms with Crippen LogP contribution < -0.4 is 4.74 Å². The van der Waals surface area contributed by atoms with Crippen molar-refractivity contribution in [1.82, 2.24) is 4.90 Å². The Morgan fingerprint density at radius 3 is 2.86 bits per heavy atom. The van der Waals surface area contributed by atoms with Gasteiger partial charge in [0.1, 0.15) is 18.4 Å². The Kier molecular flexibility index (Phi) is 4.85. The van der Waals surface area contributed by atoms with E-state index in [4.69, 9.17) is 9.47 Å². The first-order valence-corrected chi connectivity index (χ1v) is 7.18. The van der Waals surface area contributed by atoms with E-state index in [0.29, 0.717) is 25.4 Å². The molecule has 2 rings (SSSR count). The van der Waals surface area contributed by atoms with Crippen molar-refractivity contribution in [3.63, 3.8) is 0 Å². The van der Waals surface area contributed by atoms with Gasteiger partial charge in [-0.15, -0.1) is 0 Å². The van der Waals surface area contributed by atoms with Crippen molar-refractivity contribution in [2.75, 3.05) is 26.8 Å². The van der Waals surface area contributed by atoms with Crippen molar-refractivity contribution in [3.8, 4) is 5.75 Å². The van der Waals surface area contributed by atoms with Gasteiger partial charge in [0, 0.05) is 25.8 Å². The molecule has 0 saturated heterocycles. The van der Waals surface area contributed by atoms with Crippen LogP contribution in [0.15, 0.2) is 24.3 Å². The van der Waals surface area contributed by atoms with Gasteiger partial charge in [-0.2, -0.15) is 0 Å². The van der Waals surface area contributed by atoms with Crippen LogP contribution >= 0.6 is 0 Å². The summed E-state index contributed by atoms with van der Waals surface area (Å²) in [7, 11) is 1.68. The third-order valence-electron chi connectivity index (χ3n) is 4.00. The molecule has 116 valence electrons. The van der Waals surface area contributed by atoms with Crippen molar-refractivity contribution in [2.24, 2.45) is 0 Å². The van der Waals surface area contributed by atoms with E-state index in [1.807, 2.05) is 43.0 Å². The highest BCUT2D eigenvalue weighted by Gasteiger charge is 2.33. The molecule has 1 atom stereocenters. The summed E-state index contributed by atoms with van der Waals surface area (Å²) in [6.07, 6.45) is 0.759. The minimum atomic E-state index is -0.844. The number of carboxylic acid groups (broad SMARTS) is 1. The van der Waals surface area contributed by atoms with Crippen LogP contribution in [0.4, 0.5) is 0 Å². The van der Waals surface area contributed by atoms with Gasteiger partial charge in [0.25, 0.3) is 0 Å². The largest absolute Gasteiger partial charge is 0.492 e. The van der Waals surface area contributed by atoms with Gasteiger partial charge >= 0.3 is 5.97 Å². The first-order valence-electron chi connectivity index (χ1n) is 7.18. The lowest BCUT2D eigenvalue weighted by Gasteiger charge is -2.30. The lowest BCUT2D eigenvalue weighted by atomic mass is 10.0. The van der Waals surface area contributed by atoms with E-state index in [2.05, 4.69) is 0 Å². The van der Waals surface area contributed by atoms with Crippen molar-refractivity contribution in [2.45, 2.75) is 31.9 Å². The number of carbonyl (C=O) groups is 1. The van der Waals surface area contributed by atoms with Crippen LogP contribution in [0.2, 0.25) is 0 Å². The monoisotopic (exact) mass is 293 g/mol. The van der Waals surface area contributed by atoms with Crippen LogP contribution in [-0.4, -0.2) is 48.4 Å². The molecule has 1 aromatic carbocycles. The van der Waals surface area contributed by atoms with Crippen molar-refractivity contribution < 1.29 is 19.4 Å². The third kappa shape index (κ3) is 3.74. The minimum absolute atomic E-state index is 0.268. The second-order valence-corrected chi connectivity index (χ2v) is 5.88. The molecule has 0 fully saturated rings. The van der Waals surface area contributed by atoms with Gasteiger partial charge in [0.05, 0.1) is 5.60 Å². The summed E-state index contributed by atoms with van der Waals surface area (Å²) >= 11 is 0. The Morgan fingerprint density at radius 1 is 1.48 bits per heavy atom. The lowest BCUT2D eigenvalue weighted by molar-refractivity contribution is -0.143. The molecule has 5 heteroatoms. The summed E-state index contributed by atoms with van der Waals surface area (Å²) in [5.41, 5.74) is 0.452. The predicted molar refractivity (Wildman–Crippen MR) is 79.6 cm³/mol. The van der Waals surface area contributed by atoms with Crippen LogP contribution in [0.3, 0.4) is 0 Å². The number of fused-ring (bicyclic) bond motifs is 1. The van der Waals surface area contributed by atoms with Gasteiger partial charge in [-0.05, 0) is 26.3 Å². The second kappa shape index (κ2) is 6.45. The van der Waals surface area contributed by atoms with Gasteiger partial charge in [-0.25, -0.2) is 0 Å². The molecular formula is C16H23NO4. The molecule has 1 N–H and O–H groups in total. The molecule has 0 unspecified atom stereocenters. The Hall–Kier alpha value is -1.59. The quantitative estimate of drug-likeness (QED) is 0.903. The highest BCUT2D eigenvalue weighted by molar-refractivity contribution is 5.76. The smallest absolute Gasteiger partial charge is 0.325 e. The number of benzene rings is 1. The standard InChI is InChI=1S/C16H23NO4/c1-16(2,20-3)8-9-17-10-11-21-13-7-5-4-6-12(13)14(17)15(18)19/h4-7,14H,8-11H2,1-3H3,(H,18,19)/t14-/m1/s1. The lowest BCUT2D eigenvalue weighted by Crippen LogP contribution is -2.39. The van der Waals surface area contributed by atoms with Crippen molar-refractivity contribution >= 4 is 5.97 Å². The number of aliphatic carboxylic acids is 1. The number of methoxy groups -OCH3 is 1. The van der Waals surface area contributed by atoms with Crippen LogP contribution in [0, 0.1) is 0 Å². The van der Waals surface area contributed by atoms with Crippen LogP contribution in [-0.2, 0) is 9.53 Å². The molecule has 5 nitrogen and oxygen atoms in total. The topological polar surface area (TPSA) is 59.0 Å². The summed E-state index contributed by atoms with van der Waals surface area (Å²) in [5.74, 6) is -0.179. The van der Waals surface area contributed by atoms with E-state index >= 15 is 0 Å². The summed E-state index contributed by atoms with van der Waals surface area (Å²) in [6, 6.07) is 6.69. The minimum Gasteiger partial charge on any atom is -0.492 e. The highest BCUT2D eigenvalue weighted by atomic mass is 16.5. The second-order valence-electron chi connectivity index (χ2n) is 5.88. The Balaban J connectivity index is 2.23. The normalized spacial score (nSPS) is 19.5. The molecule has 0 aromatic heterocycles.